The number of phenolic OH excluding ortho intramolecular Hbond substituents is 2. The number of nitrogens with two attached hydrogens (primary N) is 2. The van der Waals surface area contributed by atoms with Gasteiger partial charge in [-0.05, 0) is 253 Å². The average Bonchev–Trinajstić information content (AvgIpc) is 2.98. The highest BCUT2D eigenvalue weighted by atomic mass is 127. The minimum atomic E-state index is -1.02. The predicted molar refractivity (Wildman–Crippen MR) is 250 cm³/mol. The number of hydrogen-bond acceptors (Lipinski definition) is 8. The van der Waals surface area contributed by atoms with Crippen LogP contribution in [0, 0.1) is 28.6 Å². The van der Waals surface area contributed by atoms with Crippen molar-refractivity contribution in [3.63, 3.8) is 0 Å². The lowest BCUT2D eigenvalue weighted by atomic mass is 10.1. The number of aliphatic carboxylic acids is 2. The molecule has 4 rings (SSSR count). The Bertz CT molecular complexity index is 1640. The van der Waals surface area contributed by atoms with E-state index < -0.39 is 24.0 Å². The van der Waals surface area contributed by atoms with E-state index in [2.05, 4.69) is 181 Å². The molecule has 4 aromatic rings. The Balaban J connectivity index is 0.000000260. The number of carboxylic acid groups (broad SMARTS) is 2. The molecular formula is C30H22I8N2O8. The van der Waals surface area contributed by atoms with Crippen LogP contribution < -0.4 is 20.9 Å². The molecule has 0 bridgehead atoms. The monoisotopic (exact) mass is 1550 g/mol. The van der Waals surface area contributed by atoms with Crippen LogP contribution in [-0.4, -0.2) is 44.4 Å². The molecule has 2 atom stereocenters. The van der Waals surface area contributed by atoms with Crippen LogP contribution in [0.25, 0.3) is 0 Å². The molecule has 48 heavy (non-hydrogen) atoms. The molecule has 18 heteroatoms. The fraction of sp³-hybridized carbons (Fsp3) is 0.133. The Hall–Kier alpha value is 0.780. The van der Waals surface area contributed by atoms with Gasteiger partial charge in [0.05, 0.1) is 28.6 Å². The third kappa shape index (κ3) is 12.4. The van der Waals surface area contributed by atoms with Crippen molar-refractivity contribution >= 4 is 193 Å². The number of aromatic hydroxyl groups is 2. The van der Waals surface area contributed by atoms with E-state index in [1.54, 1.807) is 24.3 Å². The zero-order valence-electron chi connectivity index (χ0n) is 23.8. The molecule has 0 aromatic heterocycles. The summed E-state index contributed by atoms with van der Waals surface area (Å²) in [5, 5.41) is 37.5. The first-order chi connectivity index (χ1) is 22.4. The van der Waals surface area contributed by atoms with Crippen LogP contribution in [0.5, 0.6) is 34.5 Å². The first kappa shape index (κ1) is 43.2. The zero-order chi connectivity index (χ0) is 36.0. The molecule has 0 unspecified atom stereocenters. The second-order valence-corrected chi connectivity index (χ2v) is 19.0. The molecular weight excluding hydrogens is 1530 g/mol. The van der Waals surface area contributed by atoms with Crippen molar-refractivity contribution < 1.29 is 39.5 Å². The standard InChI is InChI=1S/2C15H11I4NO4/c2*16-8-4-7(5-9(17)13(8)21)24-14-10(18)1-6(2-11(14)19)3-12(20)15(22)23/h2*1-2,4-5,12,21H,3,20H2,(H,22,23)/t2*12-/m00/s1. The molecule has 0 amide bonds. The maximum atomic E-state index is 10.9. The lowest BCUT2D eigenvalue weighted by Gasteiger charge is -2.14. The maximum absolute atomic E-state index is 10.9. The van der Waals surface area contributed by atoms with Crippen molar-refractivity contribution in [1.82, 2.24) is 0 Å². The van der Waals surface area contributed by atoms with Crippen molar-refractivity contribution in [1.29, 1.82) is 0 Å². The van der Waals surface area contributed by atoms with E-state index in [1.165, 1.54) is 0 Å². The molecule has 0 aliphatic carbocycles. The van der Waals surface area contributed by atoms with Crippen LogP contribution >= 0.6 is 181 Å². The lowest BCUT2D eigenvalue weighted by molar-refractivity contribution is -0.139. The summed E-state index contributed by atoms with van der Waals surface area (Å²) in [6, 6.07) is 12.7. The quantitative estimate of drug-likeness (QED) is 0.0838. The highest BCUT2D eigenvalue weighted by Crippen LogP contribution is 2.38. The van der Waals surface area contributed by atoms with Crippen LogP contribution in [0.4, 0.5) is 0 Å². The van der Waals surface area contributed by atoms with Gasteiger partial charge in [0.15, 0.2) is 11.5 Å². The van der Waals surface area contributed by atoms with Gasteiger partial charge < -0.3 is 41.4 Å². The number of carboxylic acids is 2. The van der Waals surface area contributed by atoms with Gasteiger partial charge in [0.25, 0.3) is 0 Å². The van der Waals surface area contributed by atoms with Gasteiger partial charge in [0.2, 0.25) is 0 Å². The number of ether oxygens (including phenoxy) is 2. The largest absolute Gasteiger partial charge is 0.506 e. The van der Waals surface area contributed by atoms with E-state index in [9.17, 15) is 19.8 Å². The molecule has 4 aromatic carbocycles. The normalized spacial score (nSPS) is 12.0. The number of rotatable bonds is 10. The van der Waals surface area contributed by atoms with Gasteiger partial charge in [0.1, 0.15) is 35.1 Å². The minimum absolute atomic E-state index is 0.242. The molecule has 0 spiro atoms. The summed E-state index contributed by atoms with van der Waals surface area (Å²) in [7, 11) is 0. The van der Waals surface area contributed by atoms with Gasteiger partial charge in [-0.1, -0.05) is 0 Å². The summed E-state index contributed by atoms with van der Waals surface area (Å²) >= 11 is 16.8. The highest BCUT2D eigenvalue weighted by molar-refractivity contribution is 14.1. The van der Waals surface area contributed by atoms with E-state index >= 15 is 0 Å². The molecule has 0 saturated carbocycles. The van der Waals surface area contributed by atoms with Gasteiger partial charge in [0, 0.05) is 0 Å². The van der Waals surface area contributed by atoms with Crippen LogP contribution in [0.1, 0.15) is 11.1 Å². The SMILES string of the molecule is N[C@@H](Cc1cc(I)c(Oc2cc(I)c(O)c(I)c2)c(I)c1)C(=O)O.N[C@@H](Cc1cc(I)c(Oc2cc(I)c(O)c(I)c2)c(I)c1)C(=O)O. The molecule has 0 fully saturated rings. The predicted octanol–water partition coefficient (Wildman–Crippen LogP) is 9.11. The first-order valence-electron chi connectivity index (χ1n) is 13.0. The Kier molecular flexibility index (Phi) is 17.8. The van der Waals surface area contributed by atoms with E-state index in [1.807, 2.05) is 24.3 Å². The van der Waals surface area contributed by atoms with Gasteiger partial charge in [-0.2, -0.15) is 0 Å². The molecule has 0 aliphatic heterocycles. The van der Waals surface area contributed by atoms with Gasteiger partial charge in [-0.25, -0.2) is 0 Å². The second-order valence-electron chi connectivity index (χ2n) is 9.75. The van der Waals surface area contributed by atoms with Gasteiger partial charge in [-0.15, -0.1) is 0 Å². The number of benzene rings is 4. The second kappa shape index (κ2) is 19.7. The van der Waals surface area contributed by atoms with Gasteiger partial charge >= 0.3 is 11.9 Å². The summed E-state index contributed by atoms with van der Waals surface area (Å²) in [5.41, 5.74) is 12.9. The maximum Gasteiger partial charge on any atom is 0.320 e. The summed E-state index contributed by atoms with van der Waals surface area (Å²) in [4.78, 5) is 21.8. The van der Waals surface area contributed by atoms with E-state index in [-0.39, 0.29) is 24.3 Å². The molecule has 10 nitrogen and oxygen atoms in total. The summed E-state index contributed by atoms with van der Waals surface area (Å²) in [5.74, 6) is 1.10. The average molecular weight is 1550 g/mol. The number of halogens is 8. The summed E-state index contributed by atoms with van der Waals surface area (Å²) in [6.07, 6.45) is 0.521. The highest BCUT2D eigenvalue weighted by Gasteiger charge is 2.18. The molecule has 0 radical (unpaired) electrons. The number of hydrogen-bond donors (Lipinski definition) is 6. The Morgan fingerprint density at radius 2 is 0.771 bits per heavy atom. The van der Waals surface area contributed by atoms with Crippen molar-refractivity contribution in [2.75, 3.05) is 0 Å². The van der Waals surface area contributed by atoms with Crippen molar-refractivity contribution in [2.24, 2.45) is 11.5 Å². The lowest BCUT2D eigenvalue weighted by Crippen LogP contribution is -2.32. The molecule has 8 N–H and O–H groups in total. The third-order valence-electron chi connectivity index (χ3n) is 6.08. The Morgan fingerprint density at radius 1 is 0.521 bits per heavy atom. The van der Waals surface area contributed by atoms with Gasteiger partial charge in [-0.3, -0.25) is 9.59 Å². The van der Waals surface area contributed by atoms with E-state index in [0.29, 0.717) is 37.3 Å². The van der Waals surface area contributed by atoms with Crippen LogP contribution in [0.15, 0.2) is 48.5 Å². The molecule has 0 aliphatic rings. The van der Waals surface area contributed by atoms with Crippen molar-refractivity contribution in [3.05, 3.63) is 88.2 Å². The molecule has 256 valence electrons. The molecule has 0 heterocycles. The Morgan fingerprint density at radius 3 is 1.00 bits per heavy atom. The fourth-order valence-electron chi connectivity index (χ4n) is 3.78. The van der Waals surface area contributed by atoms with Crippen LogP contribution in [-0.2, 0) is 22.4 Å². The topological polar surface area (TPSA) is 186 Å². The fourth-order valence-corrected chi connectivity index (χ4v) is 11.4. The summed E-state index contributed by atoms with van der Waals surface area (Å²) in [6.45, 7) is 0. The Labute approximate surface area is 384 Å². The zero-order valence-corrected chi connectivity index (χ0v) is 41.0. The summed E-state index contributed by atoms with van der Waals surface area (Å²) < 4.78 is 18.3. The minimum Gasteiger partial charge on any atom is -0.506 e. The van der Waals surface area contributed by atoms with Crippen LogP contribution in [0.3, 0.4) is 0 Å². The number of phenols is 2. The molecule has 0 saturated heterocycles. The van der Waals surface area contributed by atoms with Crippen LogP contribution in [0.2, 0.25) is 0 Å². The third-order valence-corrected chi connectivity index (χ3v) is 12.6. The number of carbonyl (C=O) groups is 2. The van der Waals surface area contributed by atoms with E-state index in [4.69, 9.17) is 31.2 Å². The van der Waals surface area contributed by atoms with Crippen molar-refractivity contribution in [2.45, 2.75) is 24.9 Å². The first-order valence-corrected chi connectivity index (χ1v) is 21.6. The van der Waals surface area contributed by atoms with E-state index in [0.717, 1.165) is 25.4 Å². The van der Waals surface area contributed by atoms with Crippen molar-refractivity contribution in [3.8, 4) is 34.5 Å². The smallest absolute Gasteiger partial charge is 0.320 e.